The smallest absolute Gasteiger partial charge is 0.306 e. The minimum atomic E-state index is -0.818. The highest BCUT2D eigenvalue weighted by Crippen LogP contribution is 2.14. The van der Waals surface area contributed by atoms with Crippen LogP contribution in [0.3, 0.4) is 0 Å². The maximum absolute atomic E-state index is 12.8. The number of hydrogen-bond acceptors (Lipinski definition) is 6. The van der Waals surface area contributed by atoms with Crippen molar-refractivity contribution in [2.45, 2.75) is 264 Å². The Bertz CT molecular complexity index is 1840. The Balaban J connectivity index is 4.30. The molecule has 0 aromatic rings. The molecule has 0 spiro atoms. The molecule has 0 amide bonds. The fourth-order valence-electron chi connectivity index (χ4n) is 8.23. The highest BCUT2D eigenvalue weighted by atomic mass is 16.6. The first kappa shape index (κ1) is 74.8. The van der Waals surface area contributed by atoms with Gasteiger partial charge in [0.25, 0.3) is 0 Å². The lowest BCUT2D eigenvalue weighted by atomic mass is 10.1. The van der Waals surface area contributed by atoms with Gasteiger partial charge in [0.1, 0.15) is 13.2 Å². The Kier molecular flexibility index (Phi) is 61.9. The van der Waals surface area contributed by atoms with Crippen LogP contribution in [0.15, 0.2) is 170 Å². The van der Waals surface area contributed by atoms with Crippen molar-refractivity contribution < 1.29 is 28.6 Å². The van der Waals surface area contributed by atoms with E-state index in [-0.39, 0.29) is 37.5 Å². The lowest BCUT2D eigenvalue weighted by Crippen LogP contribution is -2.30. The van der Waals surface area contributed by atoms with Crippen molar-refractivity contribution in [3.8, 4) is 0 Å². The molecule has 0 aromatic heterocycles. The van der Waals surface area contributed by atoms with E-state index in [0.29, 0.717) is 19.3 Å². The predicted octanol–water partition coefficient (Wildman–Crippen LogP) is 22.3. The monoisotopic (exact) mass is 1100 g/mol. The van der Waals surface area contributed by atoms with Crippen LogP contribution >= 0.6 is 0 Å². The Labute approximate surface area is 492 Å². The van der Waals surface area contributed by atoms with Crippen LogP contribution in [0.1, 0.15) is 258 Å². The number of carbonyl (C=O) groups excluding carboxylic acids is 3. The summed E-state index contributed by atoms with van der Waals surface area (Å²) in [5.41, 5.74) is 0. The van der Waals surface area contributed by atoms with E-state index in [1.807, 2.05) is 0 Å². The van der Waals surface area contributed by atoms with Gasteiger partial charge >= 0.3 is 17.9 Å². The molecule has 0 N–H and O–H groups in total. The second-order valence-corrected chi connectivity index (χ2v) is 20.6. The van der Waals surface area contributed by atoms with Crippen LogP contribution in [-0.4, -0.2) is 37.2 Å². The Morgan fingerprint density at radius 2 is 0.500 bits per heavy atom. The molecule has 6 heteroatoms. The zero-order valence-electron chi connectivity index (χ0n) is 51.3. The molecular weight excluding hydrogens is 985 g/mol. The molecule has 0 saturated heterocycles. The van der Waals surface area contributed by atoms with E-state index in [4.69, 9.17) is 14.2 Å². The van der Waals surface area contributed by atoms with E-state index in [2.05, 4.69) is 191 Å². The quantitative estimate of drug-likeness (QED) is 0.0261. The molecule has 0 saturated carbocycles. The van der Waals surface area contributed by atoms with E-state index < -0.39 is 6.10 Å². The van der Waals surface area contributed by atoms with Crippen molar-refractivity contribution in [3.63, 3.8) is 0 Å². The molecule has 1 atom stereocenters. The highest BCUT2D eigenvalue weighted by molar-refractivity contribution is 5.71. The van der Waals surface area contributed by atoms with Gasteiger partial charge in [0, 0.05) is 19.3 Å². The molecule has 0 fully saturated rings. The summed E-state index contributed by atoms with van der Waals surface area (Å²) in [7, 11) is 0. The average molecular weight is 1100 g/mol. The van der Waals surface area contributed by atoms with Gasteiger partial charge in [0.05, 0.1) is 0 Å². The van der Waals surface area contributed by atoms with E-state index >= 15 is 0 Å². The third-order valence-corrected chi connectivity index (χ3v) is 13.0. The second kappa shape index (κ2) is 66.3. The van der Waals surface area contributed by atoms with Crippen molar-refractivity contribution in [1.29, 1.82) is 0 Å². The summed E-state index contributed by atoms with van der Waals surface area (Å²) in [5.74, 6) is -0.987. The van der Waals surface area contributed by atoms with E-state index in [9.17, 15) is 14.4 Å². The van der Waals surface area contributed by atoms with E-state index in [0.717, 1.165) is 141 Å². The summed E-state index contributed by atoms with van der Waals surface area (Å²) in [5, 5.41) is 0. The van der Waals surface area contributed by atoms with E-state index in [1.165, 1.54) is 70.6 Å². The minimum absolute atomic E-state index is 0.109. The number of allylic oxidation sites excluding steroid dienone is 28. The standard InChI is InChI=1S/C74H116O6/c1-4-7-10-13-16-19-22-24-26-28-29-30-31-32-33-34-35-36-37-38-39-40-41-42-43-44-45-47-48-50-52-55-58-61-64-67-73(76)79-70-71(69-78-72(75)66-63-60-57-54-21-18-15-12-9-6-3)80-74(77)68-65-62-59-56-53-51-49-46-27-25-23-20-17-14-11-8-5-2/h7-8,10-11,16-17,19-20,24-27,29-30,32-33,35-36,38-39,41-42,44-45,49,51,56,59,71H,4-6,9,12-15,18,21-23,28,31,34,37,40,43,46-48,50,52-55,57-58,60-70H2,1-3H3/b10-7-,11-8-,19-16-,20-17-,26-24-,27-25-,30-29-,33-32-,36-35-,39-38-,42-41-,45-44-,51-49-,59-56-. The van der Waals surface area contributed by atoms with Crippen molar-refractivity contribution in [3.05, 3.63) is 170 Å². The Morgan fingerprint density at radius 3 is 0.800 bits per heavy atom. The zero-order valence-corrected chi connectivity index (χ0v) is 51.3. The van der Waals surface area contributed by atoms with Gasteiger partial charge in [0.2, 0.25) is 0 Å². The van der Waals surface area contributed by atoms with Crippen molar-refractivity contribution in [2.24, 2.45) is 0 Å². The normalized spacial score (nSPS) is 13.3. The third-order valence-electron chi connectivity index (χ3n) is 13.0. The van der Waals surface area contributed by atoms with Gasteiger partial charge in [-0.15, -0.1) is 0 Å². The van der Waals surface area contributed by atoms with Crippen LogP contribution in [-0.2, 0) is 28.6 Å². The van der Waals surface area contributed by atoms with E-state index in [1.54, 1.807) is 0 Å². The minimum Gasteiger partial charge on any atom is -0.462 e. The van der Waals surface area contributed by atoms with Crippen molar-refractivity contribution in [2.75, 3.05) is 13.2 Å². The molecule has 6 nitrogen and oxygen atoms in total. The van der Waals surface area contributed by atoms with Gasteiger partial charge in [-0.25, -0.2) is 0 Å². The molecule has 448 valence electrons. The topological polar surface area (TPSA) is 78.9 Å². The second-order valence-electron chi connectivity index (χ2n) is 20.6. The first-order chi connectivity index (χ1) is 39.5. The van der Waals surface area contributed by atoms with Gasteiger partial charge in [-0.2, -0.15) is 0 Å². The summed E-state index contributed by atoms with van der Waals surface area (Å²) in [4.78, 5) is 38.2. The summed E-state index contributed by atoms with van der Waals surface area (Å²) in [6.45, 7) is 6.33. The molecular formula is C74H116O6. The summed E-state index contributed by atoms with van der Waals surface area (Å²) < 4.78 is 16.8. The number of esters is 3. The van der Waals surface area contributed by atoms with Crippen LogP contribution in [0.2, 0.25) is 0 Å². The van der Waals surface area contributed by atoms with Crippen LogP contribution in [0.5, 0.6) is 0 Å². The fourth-order valence-corrected chi connectivity index (χ4v) is 8.23. The lowest BCUT2D eigenvalue weighted by molar-refractivity contribution is -0.167. The average Bonchev–Trinajstić information content (AvgIpc) is 3.46. The number of unbranched alkanes of at least 4 members (excludes halogenated alkanes) is 17. The van der Waals surface area contributed by atoms with Crippen molar-refractivity contribution >= 4 is 17.9 Å². The molecule has 0 heterocycles. The molecule has 0 aliphatic carbocycles. The van der Waals surface area contributed by atoms with Crippen LogP contribution in [0.4, 0.5) is 0 Å². The van der Waals surface area contributed by atoms with Gasteiger partial charge in [-0.05, 0) is 128 Å². The molecule has 0 aliphatic rings. The first-order valence-electron chi connectivity index (χ1n) is 32.1. The number of carbonyl (C=O) groups is 3. The van der Waals surface area contributed by atoms with Crippen LogP contribution in [0.25, 0.3) is 0 Å². The maximum atomic E-state index is 12.8. The Hall–Kier alpha value is -5.23. The van der Waals surface area contributed by atoms with Crippen LogP contribution < -0.4 is 0 Å². The highest BCUT2D eigenvalue weighted by Gasteiger charge is 2.19. The van der Waals surface area contributed by atoms with Crippen LogP contribution in [0, 0.1) is 0 Å². The first-order valence-corrected chi connectivity index (χ1v) is 32.1. The summed E-state index contributed by atoms with van der Waals surface area (Å²) in [6, 6.07) is 0. The van der Waals surface area contributed by atoms with Gasteiger partial charge < -0.3 is 14.2 Å². The fraction of sp³-hybridized carbons (Fsp3) is 0.581. The molecule has 0 aromatic carbocycles. The number of hydrogen-bond donors (Lipinski definition) is 0. The predicted molar refractivity (Wildman–Crippen MR) is 348 cm³/mol. The Morgan fingerprint density at radius 1 is 0.263 bits per heavy atom. The number of ether oxygens (including phenoxy) is 3. The molecule has 80 heavy (non-hydrogen) atoms. The summed E-state index contributed by atoms with van der Waals surface area (Å²) in [6.07, 6.45) is 98.0. The maximum Gasteiger partial charge on any atom is 0.306 e. The SMILES string of the molecule is CC/C=C\C/C=C\C/C=C\C/C=C\C/C=C\C/C=C\C/C=C\C/C=C\C/C=C\CCCCCCCCCC(=O)OCC(COC(=O)CCCCCCCCCCCC)OC(=O)CCC/C=C\C/C=C\C/C=C\C/C=C\C/C=C\CC. The molecule has 0 radical (unpaired) electrons. The van der Waals surface area contributed by atoms with Gasteiger partial charge in [0.15, 0.2) is 6.10 Å². The molecule has 1 unspecified atom stereocenters. The van der Waals surface area contributed by atoms with Gasteiger partial charge in [-0.3, -0.25) is 14.4 Å². The summed E-state index contributed by atoms with van der Waals surface area (Å²) >= 11 is 0. The molecule has 0 rings (SSSR count). The van der Waals surface area contributed by atoms with Crippen molar-refractivity contribution in [1.82, 2.24) is 0 Å². The lowest BCUT2D eigenvalue weighted by Gasteiger charge is -2.18. The largest absolute Gasteiger partial charge is 0.462 e. The number of rotatable bonds is 56. The molecule has 0 bridgehead atoms. The van der Waals surface area contributed by atoms with Gasteiger partial charge in [-0.1, -0.05) is 281 Å². The third kappa shape index (κ3) is 63.6. The molecule has 0 aliphatic heterocycles. The zero-order chi connectivity index (χ0) is 57.8.